The molecule has 0 saturated heterocycles. The van der Waals surface area contributed by atoms with Gasteiger partial charge in [0.2, 0.25) is 5.91 Å². The number of aliphatic hydroxyl groups is 1. The highest BCUT2D eigenvalue weighted by Gasteiger charge is 2.12. The molecule has 1 amide bonds. The molecule has 0 saturated carbocycles. The number of carbonyl (C=O) groups is 1. The predicted octanol–water partition coefficient (Wildman–Crippen LogP) is 0.661. The maximum absolute atomic E-state index is 11.1. The highest BCUT2D eigenvalue weighted by atomic mass is 16.5. The van der Waals surface area contributed by atoms with Gasteiger partial charge < -0.3 is 15.2 Å². The lowest BCUT2D eigenvalue weighted by Crippen LogP contribution is -2.33. The second-order valence-electron chi connectivity index (χ2n) is 4.26. The van der Waals surface area contributed by atoms with E-state index in [0.717, 1.165) is 25.2 Å². The van der Waals surface area contributed by atoms with Crippen molar-refractivity contribution in [3.63, 3.8) is 0 Å². The molecule has 0 bridgehead atoms. The van der Waals surface area contributed by atoms with Crippen LogP contribution in [0.1, 0.15) is 18.1 Å². The van der Waals surface area contributed by atoms with Crippen molar-refractivity contribution in [2.24, 2.45) is 0 Å². The van der Waals surface area contributed by atoms with E-state index in [1.54, 1.807) is 0 Å². The quantitative estimate of drug-likeness (QED) is 0.806. The molecule has 0 fully saturated rings. The molecule has 0 spiro atoms. The summed E-state index contributed by atoms with van der Waals surface area (Å²) in [4.78, 5) is 11.1. The first-order valence-electron chi connectivity index (χ1n) is 5.87. The molecule has 1 aliphatic rings. The van der Waals surface area contributed by atoms with Crippen LogP contribution in [0.25, 0.3) is 0 Å². The maximum Gasteiger partial charge on any atom is 0.248 e. The third kappa shape index (κ3) is 2.97. The summed E-state index contributed by atoms with van der Waals surface area (Å²) >= 11 is 0. The zero-order chi connectivity index (χ0) is 12.3. The van der Waals surface area contributed by atoms with Gasteiger partial charge in [0.25, 0.3) is 0 Å². The van der Waals surface area contributed by atoms with Gasteiger partial charge in [-0.2, -0.15) is 0 Å². The van der Waals surface area contributed by atoms with Crippen LogP contribution < -0.4 is 10.1 Å². The fourth-order valence-electron chi connectivity index (χ4n) is 1.87. The fourth-order valence-corrected chi connectivity index (χ4v) is 1.87. The van der Waals surface area contributed by atoms with Gasteiger partial charge in [0.15, 0.2) is 0 Å². The minimum atomic E-state index is -0.941. The van der Waals surface area contributed by atoms with Crippen LogP contribution in [-0.2, 0) is 17.6 Å². The molecule has 0 unspecified atom stereocenters. The van der Waals surface area contributed by atoms with Crippen LogP contribution >= 0.6 is 0 Å². The summed E-state index contributed by atoms with van der Waals surface area (Å²) in [5.74, 6) is 0.649. The molecule has 92 valence electrons. The van der Waals surface area contributed by atoms with Gasteiger partial charge in [-0.1, -0.05) is 12.1 Å². The largest absolute Gasteiger partial charge is 0.493 e. The van der Waals surface area contributed by atoms with Gasteiger partial charge in [-0.15, -0.1) is 0 Å². The first-order chi connectivity index (χ1) is 8.16. The van der Waals surface area contributed by atoms with Crippen molar-refractivity contribution < 1.29 is 14.6 Å². The molecule has 0 radical (unpaired) electrons. The Kier molecular flexibility index (Phi) is 3.64. The van der Waals surface area contributed by atoms with E-state index < -0.39 is 6.10 Å². The Balaban J connectivity index is 1.85. The van der Waals surface area contributed by atoms with E-state index in [0.29, 0.717) is 6.54 Å². The molecule has 17 heavy (non-hydrogen) atoms. The van der Waals surface area contributed by atoms with Crippen molar-refractivity contribution in [1.82, 2.24) is 5.32 Å². The lowest BCUT2D eigenvalue weighted by Gasteiger charge is -2.07. The van der Waals surface area contributed by atoms with Crippen molar-refractivity contribution in [3.05, 3.63) is 29.3 Å². The standard InChI is InChI=1S/C13H17NO3/c1-9(15)13(16)14-6-4-10-2-3-12-11(8-10)5-7-17-12/h2-3,8-9,15H,4-7H2,1H3,(H,14,16)/t9-/m0/s1. The highest BCUT2D eigenvalue weighted by molar-refractivity contribution is 5.79. The molecule has 1 heterocycles. The Morgan fingerprint density at radius 1 is 1.59 bits per heavy atom. The first kappa shape index (κ1) is 11.9. The van der Waals surface area contributed by atoms with Gasteiger partial charge in [0, 0.05) is 13.0 Å². The van der Waals surface area contributed by atoms with E-state index in [1.165, 1.54) is 18.1 Å². The molecule has 1 aromatic carbocycles. The summed E-state index contributed by atoms with van der Waals surface area (Å²) in [5, 5.41) is 11.7. The number of nitrogens with one attached hydrogen (secondary N) is 1. The summed E-state index contributed by atoms with van der Waals surface area (Å²) in [5.41, 5.74) is 2.42. The van der Waals surface area contributed by atoms with E-state index >= 15 is 0 Å². The van der Waals surface area contributed by atoms with E-state index in [4.69, 9.17) is 9.84 Å². The number of amides is 1. The monoisotopic (exact) mass is 235 g/mol. The van der Waals surface area contributed by atoms with Gasteiger partial charge in [-0.3, -0.25) is 4.79 Å². The molecular formula is C13H17NO3. The zero-order valence-electron chi connectivity index (χ0n) is 9.90. The third-order valence-corrected chi connectivity index (χ3v) is 2.85. The summed E-state index contributed by atoms with van der Waals surface area (Å²) in [6.45, 7) is 2.77. The lowest BCUT2D eigenvalue weighted by molar-refractivity contribution is -0.128. The number of carbonyl (C=O) groups excluding carboxylic acids is 1. The van der Waals surface area contributed by atoms with Gasteiger partial charge in [-0.25, -0.2) is 0 Å². The summed E-state index contributed by atoms with van der Waals surface area (Å²) in [7, 11) is 0. The molecule has 1 aliphatic heterocycles. The molecule has 1 aromatic rings. The van der Waals surface area contributed by atoms with Gasteiger partial charge in [0.1, 0.15) is 11.9 Å². The van der Waals surface area contributed by atoms with Crippen LogP contribution in [0.15, 0.2) is 18.2 Å². The van der Waals surface area contributed by atoms with Gasteiger partial charge in [0.05, 0.1) is 6.61 Å². The average Bonchev–Trinajstić information content (AvgIpc) is 2.75. The van der Waals surface area contributed by atoms with Crippen molar-refractivity contribution in [2.75, 3.05) is 13.2 Å². The van der Waals surface area contributed by atoms with Crippen LogP contribution in [0.3, 0.4) is 0 Å². The number of fused-ring (bicyclic) bond motifs is 1. The average molecular weight is 235 g/mol. The van der Waals surface area contributed by atoms with Crippen LogP contribution in [-0.4, -0.2) is 30.3 Å². The number of rotatable bonds is 4. The molecule has 0 aliphatic carbocycles. The highest BCUT2D eigenvalue weighted by Crippen LogP contribution is 2.25. The fraction of sp³-hybridized carbons (Fsp3) is 0.462. The van der Waals surface area contributed by atoms with E-state index in [1.807, 2.05) is 12.1 Å². The van der Waals surface area contributed by atoms with Crippen LogP contribution in [0.2, 0.25) is 0 Å². The minimum Gasteiger partial charge on any atom is -0.493 e. The second kappa shape index (κ2) is 5.19. The Hall–Kier alpha value is -1.55. The Labute approximate surface area is 101 Å². The summed E-state index contributed by atoms with van der Waals surface area (Å²) in [6.07, 6.45) is 0.790. The topological polar surface area (TPSA) is 58.6 Å². The lowest BCUT2D eigenvalue weighted by atomic mass is 10.1. The second-order valence-corrected chi connectivity index (χ2v) is 4.26. The molecule has 2 N–H and O–H groups in total. The third-order valence-electron chi connectivity index (χ3n) is 2.85. The molecule has 0 aromatic heterocycles. The van der Waals surface area contributed by atoms with Crippen molar-refractivity contribution >= 4 is 5.91 Å². The zero-order valence-corrected chi connectivity index (χ0v) is 9.90. The van der Waals surface area contributed by atoms with E-state index in [-0.39, 0.29) is 5.91 Å². The summed E-state index contributed by atoms with van der Waals surface area (Å²) in [6, 6.07) is 6.11. The number of benzene rings is 1. The first-order valence-corrected chi connectivity index (χ1v) is 5.87. The Bertz CT molecular complexity index is 415. The number of hydrogen-bond donors (Lipinski definition) is 2. The molecule has 2 rings (SSSR count). The molecule has 1 atom stereocenters. The minimum absolute atomic E-state index is 0.325. The number of ether oxygens (including phenoxy) is 1. The van der Waals surface area contributed by atoms with Gasteiger partial charge in [-0.05, 0) is 30.5 Å². The SMILES string of the molecule is C[C@H](O)C(=O)NCCc1ccc2c(c1)CCO2. The van der Waals surface area contributed by atoms with E-state index in [9.17, 15) is 4.79 Å². The predicted molar refractivity (Wildman–Crippen MR) is 64.0 cm³/mol. The van der Waals surface area contributed by atoms with Crippen LogP contribution in [0.5, 0.6) is 5.75 Å². The van der Waals surface area contributed by atoms with Gasteiger partial charge >= 0.3 is 0 Å². The summed E-state index contributed by atoms with van der Waals surface area (Å²) < 4.78 is 5.42. The normalized spacial score (nSPS) is 14.9. The smallest absolute Gasteiger partial charge is 0.248 e. The van der Waals surface area contributed by atoms with Crippen LogP contribution in [0.4, 0.5) is 0 Å². The Morgan fingerprint density at radius 3 is 3.18 bits per heavy atom. The van der Waals surface area contributed by atoms with E-state index in [2.05, 4.69) is 11.4 Å². The molecule has 4 nitrogen and oxygen atoms in total. The van der Waals surface area contributed by atoms with Crippen LogP contribution in [0, 0.1) is 0 Å². The van der Waals surface area contributed by atoms with Crippen molar-refractivity contribution in [1.29, 1.82) is 0 Å². The number of hydrogen-bond acceptors (Lipinski definition) is 3. The van der Waals surface area contributed by atoms with Crippen molar-refractivity contribution in [2.45, 2.75) is 25.9 Å². The molecular weight excluding hydrogens is 218 g/mol. The van der Waals surface area contributed by atoms with Crippen molar-refractivity contribution in [3.8, 4) is 5.75 Å². The maximum atomic E-state index is 11.1. The Morgan fingerprint density at radius 2 is 2.41 bits per heavy atom. The number of aliphatic hydroxyl groups excluding tert-OH is 1. The molecule has 4 heteroatoms.